The van der Waals surface area contributed by atoms with E-state index in [1.807, 2.05) is 24.3 Å². The summed E-state index contributed by atoms with van der Waals surface area (Å²) in [6.07, 6.45) is 2.36. The first kappa shape index (κ1) is 10.9. The van der Waals surface area contributed by atoms with Gasteiger partial charge in [0.05, 0.1) is 4.90 Å². The van der Waals surface area contributed by atoms with E-state index in [4.69, 9.17) is 0 Å². The van der Waals surface area contributed by atoms with Crippen molar-refractivity contribution >= 4 is 20.8 Å². The van der Waals surface area contributed by atoms with E-state index in [-0.39, 0.29) is 4.90 Å². The minimum Gasteiger partial charge on any atom is -0.222 e. The molecule has 0 amide bonds. The van der Waals surface area contributed by atoms with Gasteiger partial charge in [-0.15, -0.1) is 9.19 Å². The summed E-state index contributed by atoms with van der Waals surface area (Å²) in [5, 5.41) is 5.53. The Bertz CT molecular complexity index is 795. The van der Waals surface area contributed by atoms with E-state index >= 15 is 0 Å². The summed E-state index contributed by atoms with van der Waals surface area (Å²) in [5.74, 6) is 0. The van der Waals surface area contributed by atoms with Gasteiger partial charge in [-0.3, -0.25) is 0 Å². The van der Waals surface area contributed by atoms with Crippen molar-refractivity contribution in [3.8, 4) is 0 Å². The molecule has 0 saturated carbocycles. The number of hydrogen-bond acceptors (Lipinski definition) is 4. The van der Waals surface area contributed by atoms with Crippen LogP contribution in [0.5, 0.6) is 0 Å². The quantitative estimate of drug-likeness (QED) is 0.702. The van der Waals surface area contributed by atoms with Gasteiger partial charge < -0.3 is 0 Å². The summed E-state index contributed by atoms with van der Waals surface area (Å²) in [4.78, 5) is 3.85. The van der Waals surface area contributed by atoms with Crippen LogP contribution >= 0.6 is 0 Å². The Morgan fingerprint density at radius 3 is 2.50 bits per heavy atom. The van der Waals surface area contributed by atoms with Crippen LogP contribution in [-0.2, 0) is 10.0 Å². The molecule has 5 nitrogen and oxygen atoms in total. The molecule has 0 aliphatic carbocycles. The van der Waals surface area contributed by atoms with Crippen molar-refractivity contribution in [2.75, 3.05) is 0 Å². The zero-order valence-corrected chi connectivity index (χ0v) is 10.1. The molecule has 2 aromatic carbocycles. The predicted octanol–water partition coefficient (Wildman–Crippen LogP) is 1.67. The molecule has 90 valence electrons. The molecule has 0 unspecified atom stereocenters. The number of rotatable bonds is 2. The minimum absolute atomic E-state index is 0.201. The Hall–Kier alpha value is -2.21. The van der Waals surface area contributed by atoms with Crippen LogP contribution in [0.25, 0.3) is 10.8 Å². The molecule has 1 heterocycles. The smallest absolute Gasteiger partial charge is 0.222 e. The Kier molecular flexibility index (Phi) is 2.38. The van der Waals surface area contributed by atoms with Crippen molar-refractivity contribution in [3.05, 3.63) is 55.1 Å². The van der Waals surface area contributed by atoms with Crippen LogP contribution in [0.15, 0.2) is 60.0 Å². The van der Waals surface area contributed by atoms with Crippen molar-refractivity contribution in [1.29, 1.82) is 0 Å². The van der Waals surface area contributed by atoms with Crippen molar-refractivity contribution in [2.24, 2.45) is 0 Å². The lowest BCUT2D eigenvalue weighted by molar-refractivity contribution is 0.580. The van der Waals surface area contributed by atoms with Crippen LogP contribution in [0.2, 0.25) is 0 Å². The van der Waals surface area contributed by atoms with Gasteiger partial charge in [-0.25, -0.2) is 4.98 Å². The predicted molar refractivity (Wildman–Crippen MR) is 66.6 cm³/mol. The van der Waals surface area contributed by atoms with E-state index in [9.17, 15) is 8.42 Å². The fraction of sp³-hybridized carbons (Fsp3) is 0. The van der Waals surface area contributed by atoms with Crippen molar-refractivity contribution in [2.45, 2.75) is 4.90 Å². The zero-order valence-electron chi connectivity index (χ0n) is 9.26. The van der Waals surface area contributed by atoms with E-state index in [0.29, 0.717) is 0 Å². The molecule has 6 heteroatoms. The summed E-state index contributed by atoms with van der Waals surface area (Å²) in [6.45, 7) is 0. The van der Waals surface area contributed by atoms with Crippen LogP contribution in [0.3, 0.4) is 0 Å². The van der Waals surface area contributed by atoms with Gasteiger partial charge >= 0.3 is 0 Å². The summed E-state index contributed by atoms with van der Waals surface area (Å²) in [7, 11) is -3.64. The van der Waals surface area contributed by atoms with Crippen molar-refractivity contribution in [3.63, 3.8) is 0 Å². The van der Waals surface area contributed by atoms with Crippen LogP contribution < -0.4 is 0 Å². The summed E-state index contributed by atoms with van der Waals surface area (Å²) in [6, 6.07) is 12.6. The maximum atomic E-state index is 12.2. The van der Waals surface area contributed by atoms with Gasteiger partial charge in [0.25, 0.3) is 10.0 Å². The Morgan fingerprint density at radius 1 is 1.00 bits per heavy atom. The second-order valence-electron chi connectivity index (χ2n) is 3.78. The third-order valence-corrected chi connectivity index (χ3v) is 4.19. The lowest BCUT2D eigenvalue weighted by atomic mass is 10.1. The zero-order chi connectivity index (χ0) is 12.6. The molecule has 0 aliphatic rings. The van der Waals surface area contributed by atoms with Crippen LogP contribution in [-0.4, -0.2) is 22.6 Å². The molecule has 3 rings (SSSR count). The fourth-order valence-electron chi connectivity index (χ4n) is 1.76. The van der Waals surface area contributed by atoms with Gasteiger partial charge in [-0.05, 0) is 22.9 Å². The standard InChI is InChI=1S/C12H9N3O2S/c16-18(17,15-9-13-8-14-15)12-6-5-10-3-1-2-4-11(10)7-12/h1-9H. The molecule has 3 aromatic rings. The van der Waals surface area contributed by atoms with Crippen molar-refractivity contribution in [1.82, 2.24) is 14.2 Å². The lowest BCUT2D eigenvalue weighted by Crippen LogP contribution is -2.13. The normalized spacial score (nSPS) is 11.8. The third-order valence-electron chi connectivity index (χ3n) is 2.66. The average molecular weight is 259 g/mol. The SMILES string of the molecule is O=S(=O)(c1ccc2ccccc2c1)n1cncn1. The number of nitrogens with zero attached hydrogens (tertiary/aromatic N) is 3. The highest BCUT2D eigenvalue weighted by Gasteiger charge is 2.17. The maximum Gasteiger partial charge on any atom is 0.284 e. The van der Waals surface area contributed by atoms with E-state index in [1.54, 1.807) is 18.2 Å². The molecule has 0 bridgehead atoms. The molecular formula is C12H9N3O2S. The Balaban J connectivity index is 2.21. The van der Waals surface area contributed by atoms with Gasteiger partial charge in [0.1, 0.15) is 12.7 Å². The van der Waals surface area contributed by atoms with Crippen LogP contribution in [0.4, 0.5) is 0 Å². The second-order valence-corrected chi connectivity index (χ2v) is 5.58. The van der Waals surface area contributed by atoms with Crippen LogP contribution in [0, 0.1) is 0 Å². The fourth-order valence-corrected chi connectivity index (χ4v) is 2.83. The minimum atomic E-state index is -3.64. The number of benzene rings is 2. The van der Waals surface area contributed by atoms with E-state index in [0.717, 1.165) is 14.9 Å². The maximum absolute atomic E-state index is 12.2. The van der Waals surface area contributed by atoms with Gasteiger partial charge in [0.15, 0.2) is 0 Å². The molecular weight excluding hydrogens is 250 g/mol. The average Bonchev–Trinajstić information content (AvgIpc) is 2.92. The van der Waals surface area contributed by atoms with Gasteiger partial charge in [0.2, 0.25) is 0 Å². The summed E-state index contributed by atoms with van der Waals surface area (Å²) >= 11 is 0. The van der Waals surface area contributed by atoms with Crippen molar-refractivity contribution < 1.29 is 8.42 Å². The first-order valence-electron chi connectivity index (χ1n) is 5.27. The largest absolute Gasteiger partial charge is 0.284 e. The second kappa shape index (κ2) is 3.92. The molecule has 1 aromatic heterocycles. The molecule has 0 radical (unpaired) electrons. The molecule has 0 aliphatic heterocycles. The van der Waals surface area contributed by atoms with Crippen LogP contribution in [0.1, 0.15) is 0 Å². The monoisotopic (exact) mass is 259 g/mol. The molecule has 0 atom stereocenters. The first-order chi connectivity index (χ1) is 8.68. The highest BCUT2D eigenvalue weighted by molar-refractivity contribution is 7.89. The third kappa shape index (κ3) is 1.67. The van der Waals surface area contributed by atoms with E-state index < -0.39 is 10.0 Å². The first-order valence-corrected chi connectivity index (χ1v) is 6.71. The van der Waals surface area contributed by atoms with Gasteiger partial charge in [0, 0.05) is 0 Å². The molecule has 0 N–H and O–H groups in total. The van der Waals surface area contributed by atoms with E-state index in [2.05, 4.69) is 10.1 Å². The number of hydrogen-bond donors (Lipinski definition) is 0. The topological polar surface area (TPSA) is 64.8 Å². The Labute approximate surface area is 104 Å². The van der Waals surface area contributed by atoms with Gasteiger partial charge in [-0.1, -0.05) is 30.3 Å². The molecule has 0 saturated heterocycles. The van der Waals surface area contributed by atoms with E-state index in [1.165, 1.54) is 12.7 Å². The molecule has 0 fully saturated rings. The van der Waals surface area contributed by atoms with Gasteiger partial charge in [-0.2, -0.15) is 8.42 Å². The number of aromatic nitrogens is 3. The summed E-state index contributed by atoms with van der Waals surface area (Å²) < 4.78 is 25.3. The molecule has 0 spiro atoms. The Morgan fingerprint density at radius 2 is 1.78 bits per heavy atom. The molecule has 18 heavy (non-hydrogen) atoms. The lowest BCUT2D eigenvalue weighted by Gasteiger charge is -2.04. The highest BCUT2D eigenvalue weighted by atomic mass is 32.2. The number of fused-ring (bicyclic) bond motifs is 1. The summed E-state index contributed by atoms with van der Waals surface area (Å²) in [5.41, 5.74) is 0. The highest BCUT2D eigenvalue weighted by Crippen LogP contribution is 2.20.